The number of hydrogen-bond donors (Lipinski definition) is 1. The van der Waals surface area contributed by atoms with Crippen molar-refractivity contribution in [3.8, 4) is 0 Å². The number of rotatable bonds is 0. The Morgan fingerprint density at radius 1 is 1.10 bits per heavy atom. The maximum atomic E-state index is 8.39. The Morgan fingerprint density at radius 2 is 1.10 bits per heavy atom. The van der Waals surface area contributed by atoms with Crippen molar-refractivity contribution >= 4 is 0 Å². The van der Waals surface area contributed by atoms with E-state index in [9.17, 15) is 0 Å². The minimum absolute atomic E-state index is 0.0556. The first kappa shape index (κ1) is 16.0. The van der Waals surface area contributed by atoms with E-state index < -0.39 is 10.2 Å². The Labute approximate surface area is 68.5 Å². The van der Waals surface area contributed by atoms with Crippen molar-refractivity contribution in [3.05, 3.63) is 25.4 Å². The van der Waals surface area contributed by atoms with Gasteiger partial charge in [-0.3, -0.25) is 0 Å². The van der Waals surface area contributed by atoms with Crippen LogP contribution in [0.3, 0.4) is 0 Å². The topological polar surface area (TPSA) is 147 Å². The van der Waals surface area contributed by atoms with Crippen LogP contribution in [0, 0.1) is 25.4 Å². The molecule has 9 nitrogen and oxygen atoms in total. The SMILES string of the molecule is O=[N+]([O-])O.O=[N+]([O-])[O-].[O]=[Hf]. The van der Waals surface area contributed by atoms with Crippen molar-refractivity contribution < 1.29 is 42.6 Å². The summed E-state index contributed by atoms with van der Waals surface area (Å²) in [5, 5.41) is 28.4. The Hall–Kier alpha value is -0.930. The van der Waals surface area contributed by atoms with Gasteiger partial charge in [0.05, 0.1) is 5.09 Å². The molecule has 0 aromatic heterocycles. The number of nitrogens with zero attached hydrogens (tertiary/aromatic N) is 2. The normalized spacial score (nSPS) is 5.10. The zero-order valence-corrected chi connectivity index (χ0v) is 7.88. The van der Waals surface area contributed by atoms with E-state index in [2.05, 4.69) is 0 Å². The van der Waals surface area contributed by atoms with E-state index in [1.54, 1.807) is 0 Å². The third-order valence-electron chi connectivity index (χ3n) is 0. The summed E-state index contributed by atoms with van der Waals surface area (Å²) in [5.41, 5.74) is 0. The second-order valence-electron chi connectivity index (χ2n) is 0.461. The van der Waals surface area contributed by atoms with Crippen LogP contribution in [0.1, 0.15) is 0 Å². The first-order valence-electron chi connectivity index (χ1n) is 1.32. The molecule has 0 amide bonds. The predicted octanol–water partition coefficient (Wildman–Crippen LogP) is -0.708. The zero-order chi connectivity index (χ0) is 9.15. The Morgan fingerprint density at radius 3 is 1.10 bits per heavy atom. The molecule has 0 aliphatic carbocycles. The molecule has 0 unspecified atom stereocenters. The molecule has 10 heteroatoms. The Kier molecular flexibility index (Phi) is 25.2. The Bertz CT molecular complexity index is 79.8. The summed E-state index contributed by atoms with van der Waals surface area (Å²) in [7, 11) is 0. The van der Waals surface area contributed by atoms with Crippen molar-refractivity contribution in [3.63, 3.8) is 0 Å². The fraction of sp³-hybridized carbons (Fsp3) is 0. The van der Waals surface area contributed by atoms with Crippen LogP contribution in [-0.2, 0) is 27.2 Å². The molecule has 10 heavy (non-hydrogen) atoms. The third-order valence-corrected chi connectivity index (χ3v) is 0. The molecule has 0 rings (SSSR count). The first-order valence-corrected chi connectivity index (χ1v) is 2.78. The quantitative estimate of drug-likeness (QED) is 0.352. The molecular formula is HHfN2O7-. The van der Waals surface area contributed by atoms with E-state index in [1.807, 2.05) is 0 Å². The van der Waals surface area contributed by atoms with Crippen LogP contribution in [0.4, 0.5) is 0 Å². The van der Waals surface area contributed by atoms with Gasteiger partial charge in [0, 0.05) is 0 Å². The van der Waals surface area contributed by atoms with Gasteiger partial charge in [-0.15, -0.1) is 10.1 Å². The summed E-state index contributed by atoms with van der Waals surface area (Å²) in [6.45, 7) is 0. The van der Waals surface area contributed by atoms with Crippen molar-refractivity contribution in [2.75, 3.05) is 0 Å². The fourth-order valence-corrected chi connectivity index (χ4v) is 0. The van der Waals surface area contributed by atoms with Gasteiger partial charge in [0.1, 0.15) is 0 Å². The van der Waals surface area contributed by atoms with Gasteiger partial charge < -0.3 is 20.5 Å². The molecule has 0 radical (unpaired) electrons. The molecule has 0 aliphatic heterocycles. The molecule has 58 valence electrons. The van der Waals surface area contributed by atoms with Crippen molar-refractivity contribution in [1.82, 2.24) is 0 Å². The van der Waals surface area contributed by atoms with Gasteiger partial charge in [0.15, 0.2) is 0 Å². The van der Waals surface area contributed by atoms with Gasteiger partial charge in [-0.2, -0.15) is 0 Å². The average molecular weight is 320 g/mol. The third kappa shape index (κ3) is 301. The van der Waals surface area contributed by atoms with Crippen LogP contribution in [0.25, 0.3) is 0 Å². The average Bonchev–Trinajstić information content (AvgIpc) is 1.66. The molecule has 0 heterocycles. The van der Waals surface area contributed by atoms with Gasteiger partial charge in [-0.05, 0) is 0 Å². The molecule has 0 aromatic carbocycles. The molecule has 0 fully saturated rings. The summed E-state index contributed by atoms with van der Waals surface area (Å²) in [6.07, 6.45) is 0. The Balaban J connectivity index is -0.0000000787. The van der Waals surface area contributed by atoms with Gasteiger partial charge in [0.2, 0.25) is 0 Å². The van der Waals surface area contributed by atoms with E-state index in [4.69, 9.17) is 33.5 Å². The van der Waals surface area contributed by atoms with Crippen LogP contribution in [0.15, 0.2) is 0 Å². The summed E-state index contributed by atoms with van der Waals surface area (Å²) in [4.78, 5) is 16.6. The number of hydrogen-bond acceptors (Lipinski definition) is 6. The molecular weight excluding hydrogens is 318 g/mol. The monoisotopic (exact) mass is 321 g/mol. The van der Waals surface area contributed by atoms with E-state index in [-0.39, 0.29) is 24.4 Å². The molecule has 0 aromatic rings. The summed E-state index contributed by atoms with van der Waals surface area (Å²) in [6, 6.07) is 0. The van der Waals surface area contributed by atoms with Gasteiger partial charge in [0.25, 0.3) is 5.09 Å². The zero-order valence-electron chi connectivity index (χ0n) is 4.29. The molecule has 1 N–H and O–H groups in total. The maximum absolute atomic E-state index is 8.39. The fourth-order valence-electron chi connectivity index (χ4n) is 0. The molecule has 0 spiro atoms. The minimum atomic E-state index is -1.75. The van der Waals surface area contributed by atoms with Crippen LogP contribution in [0.2, 0.25) is 0 Å². The summed E-state index contributed by atoms with van der Waals surface area (Å²) in [5.74, 6) is 0. The molecule has 0 saturated heterocycles. The molecule has 0 saturated carbocycles. The van der Waals surface area contributed by atoms with Crippen LogP contribution < -0.4 is 0 Å². The van der Waals surface area contributed by atoms with Crippen molar-refractivity contribution in [2.24, 2.45) is 0 Å². The molecule has 0 atom stereocenters. The second kappa shape index (κ2) is 15.7. The van der Waals surface area contributed by atoms with Crippen molar-refractivity contribution in [1.29, 1.82) is 0 Å². The van der Waals surface area contributed by atoms with Gasteiger partial charge in [-0.25, -0.2) is 0 Å². The van der Waals surface area contributed by atoms with Crippen molar-refractivity contribution in [2.45, 2.75) is 0 Å². The molecule has 0 aliphatic rings. The van der Waals surface area contributed by atoms with Crippen LogP contribution in [0.5, 0.6) is 0 Å². The van der Waals surface area contributed by atoms with E-state index in [0.717, 1.165) is 0 Å². The van der Waals surface area contributed by atoms with E-state index >= 15 is 0 Å². The first-order chi connectivity index (χ1) is 4.46. The van der Waals surface area contributed by atoms with Gasteiger partial charge >= 0.3 is 27.2 Å². The van der Waals surface area contributed by atoms with Crippen LogP contribution in [-0.4, -0.2) is 15.4 Å². The van der Waals surface area contributed by atoms with Crippen LogP contribution >= 0.6 is 0 Å². The van der Waals surface area contributed by atoms with E-state index in [0.29, 0.717) is 0 Å². The van der Waals surface area contributed by atoms with E-state index in [1.165, 1.54) is 0 Å². The second-order valence-corrected chi connectivity index (χ2v) is 0.461. The molecule has 0 bridgehead atoms. The predicted molar refractivity (Wildman–Crippen MR) is 19.8 cm³/mol. The summed E-state index contributed by atoms with van der Waals surface area (Å²) >= 11 is 0.0556. The summed E-state index contributed by atoms with van der Waals surface area (Å²) < 4.78 is 8.39. The standard InChI is InChI=1S/Hf.HNO3.NO3.O/c;2*2-1(3)4;/h;(H,2,3,4);;/q;;-1;. The van der Waals surface area contributed by atoms with Gasteiger partial charge in [-0.1, -0.05) is 0 Å².